The quantitative estimate of drug-likeness (QED) is 0.483. The Morgan fingerprint density at radius 3 is 2.62 bits per heavy atom. The predicted molar refractivity (Wildman–Crippen MR) is 88.2 cm³/mol. The molecule has 0 fully saturated rings. The van der Waals surface area contributed by atoms with Gasteiger partial charge < -0.3 is 9.30 Å². The van der Waals surface area contributed by atoms with Crippen LogP contribution in [0.2, 0.25) is 0 Å². The van der Waals surface area contributed by atoms with Gasteiger partial charge in [0, 0.05) is 7.05 Å². The minimum Gasteiger partial charge on any atom is -0.461 e. The van der Waals surface area contributed by atoms with Gasteiger partial charge in [-0.25, -0.2) is 9.78 Å². The lowest BCUT2D eigenvalue weighted by atomic mass is 10.3. The monoisotopic (exact) mass is 413 g/mol. The van der Waals surface area contributed by atoms with E-state index in [1.165, 1.54) is 0 Å². The number of esters is 1. The van der Waals surface area contributed by atoms with Gasteiger partial charge in [-0.05, 0) is 19.1 Å². The number of para-hydroxylation sites is 2. The van der Waals surface area contributed by atoms with Crippen molar-refractivity contribution in [2.75, 3.05) is 6.61 Å². The number of hydrogen-bond acceptors (Lipinski definition) is 3. The molecule has 0 bridgehead atoms. The predicted octanol–water partition coefficient (Wildman–Crippen LogP) is 3.79. The lowest BCUT2D eigenvalue weighted by molar-refractivity contribution is 0.0517. The van der Waals surface area contributed by atoms with E-state index < -0.39 is 0 Å². The van der Waals surface area contributed by atoms with Crippen LogP contribution in [0, 0.1) is 0 Å². The summed E-state index contributed by atoms with van der Waals surface area (Å²) in [4.78, 5) is 16.9. The fourth-order valence-corrected chi connectivity index (χ4v) is 3.11. The molecule has 0 aliphatic carbocycles. The molecule has 0 N–H and O–H groups in total. The highest BCUT2D eigenvalue weighted by Gasteiger charge is 2.27. The van der Waals surface area contributed by atoms with E-state index in [-0.39, 0.29) is 9.71 Å². The molecule has 2 heterocycles. The summed E-state index contributed by atoms with van der Waals surface area (Å²) in [5.41, 5.74) is 3.00. The van der Waals surface area contributed by atoms with Gasteiger partial charge in [-0.3, -0.25) is 4.40 Å². The molecule has 0 aliphatic rings. The molecular weight excluding hydrogens is 402 g/mol. The van der Waals surface area contributed by atoms with E-state index in [2.05, 4.69) is 36.8 Å². The molecule has 2 aromatic heterocycles. The van der Waals surface area contributed by atoms with Crippen LogP contribution in [-0.2, 0) is 11.8 Å². The molecule has 0 saturated carbocycles. The van der Waals surface area contributed by atoms with E-state index in [4.69, 9.17) is 4.74 Å². The van der Waals surface area contributed by atoms with Crippen LogP contribution in [0.4, 0.5) is 0 Å². The molecular formula is C14H13Br2N3O2. The Morgan fingerprint density at radius 1 is 1.33 bits per heavy atom. The number of fused-ring (bicyclic) bond motifs is 3. The average molecular weight is 415 g/mol. The van der Waals surface area contributed by atoms with E-state index in [0.29, 0.717) is 23.8 Å². The summed E-state index contributed by atoms with van der Waals surface area (Å²) in [5, 5.41) is 0. The van der Waals surface area contributed by atoms with E-state index in [0.717, 1.165) is 11.0 Å². The van der Waals surface area contributed by atoms with Crippen molar-refractivity contribution in [3.05, 3.63) is 35.7 Å². The number of carbonyl (C=O) groups is 1. The van der Waals surface area contributed by atoms with Gasteiger partial charge in [-0.1, -0.05) is 44.0 Å². The van der Waals surface area contributed by atoms with E-state index in [9.17, 15) is 4.79 Å². The van der Waals surface area contributed by atoms with E-state index >= 15 is 0 Å². The smallest absolute Gasteiger partial charge is 0.357 e. The molecule has 1 aromatic carbocycles. The van der Waals surface area contributed by atoms with Crippen molar-refractivity contribution in [3.63, 3.8) is 0 Å². The number of alkyl halides is 2. The van der Waals surface area contributed by atoms with Crippen LogP contribution >= 0.6 is 31.9 Å². The highest BCUT2D eigenvalue weighted by Crippen LogP contribution is 2.34. The van der Waals surface area contributed by atoms with Crippen molar-refractivity contribution in [1.29, 1.82) is 0 Å². The summed E-state index contributed by atoms with van der Waals surface area (Å²) in [5.74, 6) is 0.332. The maximum absolute atomic E-state index is 12.4. The summed E-state index contributed by atoms with van der Waals surface area (Å²) in [6.45, 7) is 2.12. The Kier molecular flexibility index (Phi) is 3.79. The van der Waals surface area contributed by atoms with Crippen molar-refractivity contribution < 1.29 is 9.53 Å². The maximum atomic E-state index is 12.4. The normalized spacial score (nSPS) is 11.7. The lowest BCUT2D eigenvalue weighted by Gasteiger charge is -2.05. The summed E-state index contributed by atoms with van der Waals surface area (Å²) in [7, 11) is 1.93. The highest BCUT2D eigenvalue weighted by atomic mass is 79.9. The number of aromatic nitrogens is 3. The van der Waals surface area contributed by atoms with Gasteiger partial charge >= 0.3 is 5.97 Å². The Hall–Kier alpha value is -1.34. The van der Waals surface area contributed by atoms with Crippen LogP contribution in [0.25, 0.3) is 16.8 Å². The van der Waals surface area contributed by atoms with E-state index in [1.54, 1.807) is 6.92 Å². The van der Waals surface area contributed by atoms with Crippen molar-refractivity contribution >= 4 is 54.6 Å². The minimum atomic E-state index is -0.375. The molecule has 3 aromatic rings. The number of aryl methyl sites for hydroxylation is 1. The summed E-state index contributed by atoms with van der Waals surface area (Å²) in [6, 6.07) is 7.87. The third-order valence-corrected chi connectivity index (χ3v) is 4.21. The van der Waals surface area contributed by atoms with Crippen LogP contribution in [0.5, 0.6) is 0 Å². The first kappa shape index (κ1) is 14.6. The number of imidazole rings is 2. The van der Waals surface area contributed by atoms with E-state index in [1.807, 2.05) is 40.3 Å². The zero-order valence-electron chi connectivity index (χ0n) is 11.5. The first-order valence-corrected chi connectivity index (χ1v) is 8.30. The molecule has 0 radical (unpaired) electrons. The molecule has 110 valence electrons. The zero-order valence-corrected chi connectivity index (χ0v) is 14.7. The van der Waals surface area contributed by atoms with Gasteiger partial charge in [0.15, 0.2) is 5.69 Å². The molecule has 0 atom stereocenters. The Morgan fingerprint density at radius 2 is 2.00 bits per heavy atom. The molecule has 0 saturated heterocycles. The van der Waals surface area contributed by atoms with Crippen molar-refractivity contribution in [3.8, 4) is 0 Å². The van der Waals surface area contributed by atoms with Crippen LogP contribution in [0.1, 0.15) is 26.8 Å². The van der Waals surface area contributed by atoms with Gasteiger partial charge in [-0.2, -0.15) is 0 Å². The van der Waals surface area contributed by atoms with Crippen LogP contribution in [0.15, 0.2) is 24.3 Å². The summed E-state index contributed by atoms with van der Waals surface area (Å²) >= 11 is 6.86. The first-order chi connectivity index (χ1) is 10.1. The Balaban J connectivity index is 2.42. The number of hydrogen-bond donors (Lipinski definition) is 0. The minimum absolute atomic E-state index is 0.219. The second kappa shape index (κ2) is 5.46. The van der Waals surface area contributed by atoms with Crippen molar-refractivity contribution in [1.82, 2.24) is 14.0 Å². The number of halogens is 2. The second-order valence-electron chi connectivity index (χ2n) is 4.55. The number of ether oxygens (including phenoxy) is 1. The zero-order chi connectivity index (χ0) is 15.1. The number of carbonyl (C=O) groups excluding carboxylic acids is 1. The van der Waals surface area contributed by atoms with Crippen LogP contribution in [-0.4, -0.2) is 26.5 Å². The Labute approximate surface area is 138 Å². The van der Waals surface area contributed by atoms with Gasteiger partial charge in [0.2, 0.25) is 5.78 Å². The number of nitrogens with zero attached hydrogens (tertiary/aromatic N) is 3. The summed E-state index contributed by atoms with van der Waals surface area (Å²) in [6.07, 6.45) is 0. The lowest BCUT2D eigenvalue weighted by Crippen LogP contribution is -2.10. The molecule has 0 aliphatic heterocycles. The first-order valence-electron chi connectivity index (χ1n) is 6.47. The van der Waals surface area contributed by atoms with Gasteiger partial charge in [-0.15, -0.1) is 0 Å². The molecule has 21 heavy (non-hydrogen) atoms. The fraction of sp³-hybridized carbons (Fsp3) is 0.286. The standard InChI is InChI=1S/C14H13Br2N3O2/c1-3-21-13(20)11-10(12(15)16)17-14-18(2)8-6-4-5-7-9(8)19(11)14/h4-7,12H,3H2,1-2H3. The fourth-order valence-electron chi connectivity index (χ4n) is 2.47. The van der Waals surface area contributed by atoms with Gasteiger partial charge in [0.1, 0.15) is 9.43 Å². The van der Waals surface area contributed by atoms with Crippen molar-refractivity contribution in [2.45, 2.75) is 10.7 Å². The highest BCUT2D eigenvalue weighted by molar-refractivity contribution is 9.24. The molecule has 0 spiro atoms. The maximum Gasteiger partial charge on any atom is 0.357 e. The number of benzene rings is 1. The molecule has 3 rings (SSSR count). The SMILES string of the molecule is CCOC(=O)c1c(C(Br)Br)nc2n(C)c3ccccc3n12. The molecule has 7 heteroatoms. The van der Waals surface area contributed by atoms with Crippen LogP contribution < -0.4 is 0 Å². The van der Waals surface area contributed by atoms with Crippen LogP contribution in [0.3, 0.4) is 0 Å². The van der Waals surface area contributed by atoms with Crippen molar-refractivity contribution in [2.24, 2.45) is 7.05 Å². The molecule has 0 unspecified atom stereocenters. The topological polar surface area (TPSA) is 48.5 Å². The largest absolute Gasteiger partial charge is 0.461 e. The number of rotatable bonds is 3. The third kappa shape index (κ3) is 2.19. The molecule has 0 amide bonds. The summed E-state index contributed by atoms with van der Waals surface area (Å²) < 4.78 is 8.78. The molecule has 5 nitrogen and oxygen atoms in total. The third-order valence-electron chi connectivity index (χ3n) is 3.35. The average Bonchev–Trinajstić information content (AvgIpc) is 2.97. The second-order valence-corrected chi connectivity index (χ2v) is 7.61. The van der Waals surface area contributed by atoms with Gasteiger partial charge in [0.05, 0.1) is 17.6 Å². The van der Waals surface area contributed by atoms with Gasteiger partial charge in [0.25, 0.3) is 0 Å². The Bertz CT molecular complexity index is 836.